The van der Waals surface area contributed by atoms with Crippen LogP contribution < -0.4 is 11.1 Å². The number of nitrogens with one attached hydrogen (secondary N) is 1. The summed E-state index contributed by atoms with van der Waals surface area (Å²) in [4.78, 5) is 9.54. The smallest absolute Gasteiger partial charge is 0.384 e. The molecule has 1 atom stereocenters. The molecule has 0 amide bonds. The number of hydrogen-bond acceptors (Lipinski definition) is 6. The molecule has 0 aliphatic rings. The van der Waals surface area contributed by atoms with Crippen molar-refractivity contribution in [3.8, 4) is 22.3 Å². The van der Waals surface area contributed by atoms with E-state index >= 15 is 0 Å². The van der Waals surface area contributed by atoms with E-state index in [0.717, 1.165) is 38.9 Å². The highest BCUT2D eigenvalue weighted by molar-refractivity contribution is 7.19. The SMILES string of the molecule is NC(CNc1nc(C#CCO)c(-c2ccc3cnccc3c2)s1)Cc1ccc(C(F)(F)F)cc1. The molecule has 9 heteroatoms. The number of benzene rings is 2. The zero-order valence-electron chi connectivity index (χ0n) is 17.9. The van der Waals surface area contributed by atoms with E-state index in [1.807, 2.05) is 24.3 Å². The highest BCUT2D eigenvalue weighted by Gasteiger charge is 2.29. The fraction of sp³-hybridized carbons (Fsp3) is 0.200. The van der Waals surface area contributed by atoms with Crippen molar-refractivity contribution in [1.29, 1.82) is 0 Å². The van der Waals surface area contributed by atoms with Crippen LogP contribution in [0.4, 0.5) is 18.3 Å². The summed E-state index contributed by atoms with van der Waals surface area (Å²) >= 11 is 1.42. The summed E-state index contributed by atoms with van der Waals surface area (Å²) in [7, 11) is 0. The zero-order valence-corrected chi connectivity index (χ0v) is 18.7. The number of aromatic nitrogens is 2. The van der Waals surface area contributed by atoms with E-state index in [1.165, 1.54) is 23.5 Å². The summed E-state index contributed by atoms with van der Waals surface area (Å²) in [6, 6.07) is 12.6. The first-order valence-electron chi connectivity index (χ1n) is 10.4. The molecule has 1 unspecified atom stereocenters. The van der Waals surface area contributed by atoms with Gasteiger partial charge in [-0.25, -0.2) is 4.98 Å². The number of halogens is 3. The lowest BCUT2D eigenvalue weighted by atomic mass is 10.0. The molecule has 0 spiro atoms. The number of fused-ring (bicyclic) bond motifs is 1. The molecule has 2 aromatic heterocycles. The Bertz CT molecular complexity index is 1340. The normalized spacial score (nSPS) is 12.3. The van der Waals surface area contributed by atoms with Gasteiger partial charge in [0.05, 0.1) is 10.4 Å². The van der Waals surface area contributed by atoms with Gasteiger partial charge in [-0.15, -0.1) is 0 Å². The molecule has 0 aliphatic carbocycles. The number of nitrogens with two attached hydrogens (primary N) is 1. The van der Waals surface area contributed by atoms with Crippen LogP contribution in [0.15, 0.2) is 60.9 Å². The maximum atomic E-state index is 12.7. The molecule has 0 aliphatic heterocycles. The summed E-state index contributed by atoms with van der Waals surface area (Å²) < 4.78 is 38.2. The quantitative estimate of drug-likeness (QED) is 0.347. The van der Waals surface area contributed by atoms with E-state index in [1.54, 1.807) is 12.4 Å². The summed E-state index contributed by atoms with van der Waals surface area (Å²) in [5.74, 6) is 5.54. The second-order valence-corrected chi connectivity index (χ2v) is 8.63. The van der Waals surface area contributed by atoms with Crippen molar-refractivity contribution >= 4 is 27.2 Å². The van der Waals surface area contributed by atoms with Crippen LogP contribution in [0.5, 0.6) is 0 Å². The first-order valence-corrected chi connectivity index (χ1v) is 11.3. The van der Waals surface area contributed by atoms with Crippen molar-refractivity contribution in [2.45, 2.75) is 18.6 Å². The van der Waals surface area contributed by atoms with E-state index in [4.69, 9.17) is 10.8 Å². The van der Waals surface area contributed by atoms with Crippen LogP contribution in [0, 0.1) is 11.8 Å². The zero-order chi connectivity index (χ0) is 24.1. The Morgan fingerprint density at radius 3 is 2.62 bits per heavy atom. The second kappa shape index (κ2) is 10.2. The molecule has 5 nitrogen and oxygen atoms in total. The van der Waals surface area contributed by atoms with Crippen LogP contribution >= 0.6 is 11.3 Å². The Kier molecular flexibility index (Phi) is 7.12. The van der Waals surface area contributed by atoms with Gasteiger partial charge in [-0.2, -0.15) is 13.2 Å². The van der Waals surface area contributed by atoms with Gasteiger partial charge in [-0.05, 0) is 53.1 Å². The van der Waals surface area contributed by atoms with Crippen LogP contribution in [-0.2, 0) is 12.6 Å². The van der Waals surface area contributed by atoms with Crippen LogP contribution in [0.2, 0.25) is 0 Å². The minimum Gasteiger partial charge on any atom is -0.384 e. The minimum absolute atomic E-state index is 0.277. The number of anilines is 1. The van der Waals surface area contributed by atoms with E-state index in [2.05, 4.69) is 27.1 Å². The van der Waals surface area contributed by atoms with Gasteiger partial charge in [0.2, 0.25) is 0 Å². The lowest BCUT2D eigenvalue weighted by Crippen LogP contribution is -2.31. The van der Waals surface area contributed by atoms with E-state index in [-0.39, 0.29) is 12.6 Å². The molecule has 0 radical (unpaired) electrons. The number of aliphatic hydroxyl groups excluding tert-OH is 1. The molecular formula is C25H21F3N4OS. The van der Waals surface area contributed by atoms with Crippen LogP contribution in [0.3, 0.4) is 0 Å². The maximum absolute atomic E-state index is 12.7. The Morgan fingerprint density at radius 2 is 1.88 bits per heavy atom. The predicted octanol–water partition coefficient (Wildman–Crippen LogP) is 4.70. The molecule has 34 heavy (non-hydrogen) atoms. The average molecular weight is 483 g/mol. The molecule has 2 heterocycles. The van der Waals surface area contributed by atoms with Crippen molar-refractivity contribution in [1.82, 2.24) is 9.97 Å². The molecule has 4 aromatic rings. The Labute approximate surface area is 198 Å². The van der Waals surface area contributed by atoms with E-state index < -0.39 is 11.7 Å². The summed E-state index contributed by atoms with van der Waals surface area (Å²) in [5, 5.41) is 15.0. The van der Waals surface area contributed by atoms with Crippen molar-refractivity contribution in [2.75, 3.05) is 18.5 Å². The van der Waals surface area contributed by atoms with Gasteiger partial charge in [-0.1, -0.05) is 41.5 Å². The highest BCUT2D eigenvalue weighted by atomic mass is 32.1. The largest absolute Gasteiger partial charge is 0.416 e. The van der Waals surface area contributed by atoms with Crippen LogP contribution in [0.1, 0.15) is 16.8 Å². The number of aliphatic hydroxyl groups is 1. The monoisotopic (exact) mass is 482 g/mol. The minimum atomic E-state index is -4.36. The molecule has 174 valence electrons. The fourth-order valence-electron chi connectivity index (χ4n) is 3.45. The molecular weight excluding hydrogens is 461 g/mol. The number of nitrogens with zero attached hydrogens (tertiary/aromatic N) is 2. The summed E-state index contributed by atoms with van der Waals surface area (Å²) in [6.07, 6.45) is -0.415. The van der Waals surface area contributed by atoms with Crippen molar-refractivity contribution in [2.24, 2.45) is 5.73 Å². The Balaban J connectivity index is 1.48. The first kappa shape index (κ1) is 23.7. The summed E-state index contributed by atoms with van der Waals surface area (Å²) in [6.45, 7) is 0.103. The van der Waals surface area contributed by atoms with Crippen LogP contribution in [0.25, 0.3) is 21.2 Å². The van der Waals surface area contributed by atoms with Gasteiger partial charge in [0.1, 0.15) is 12.3 Å². The second-order valence-electron chi connectivity index (χ2n) is 7.63. The van der Waals surface area contributed by atoms with Gasteiger partial charge >= 0.3 is 6.18 Å². The van der Waals surface area contributed by atoms with Gasteiger partial charge in [0.25, 0.3) is 0 Å². The third kappa shape index (κ3) is 5.72. The molecule has 0 bridgehead atoms. The molecule has 2 aromatic carbocycles. The fourth-order valence-corrected chi connectivity index (χ4v) is 4.37. The van der Waals surface area contributed by atoms with Crippen LogP contribution in [-0.4, -0.2) is 34.3 Å². The first-order chi connectivity index (χ1) is 16.3. The Hall–Kier alpha value is -3.45. The highest BCUT2D eigenvalue weighted by Crippen LogP contribution is 2.34. The molecule has 0 saturated carbocycles. The molecule has 0 saturated heterocycles. The number of thiazole rings is 1. The summed E-state index contributed by atoms with van der Waals surface area (Å²) in [5.41, 5.74) is 7.74. The maximum Gasteiger partial charge on any atom is 0.416 e. The third-order valence-electron chi connectivity index (χ3n) is 5.11. The third-order valence-corrected chi connectivity index (χ3v) is 6.17. The Morgan fingerprint density at radius 1 is 1.09 bits per heavy atom. The lowest BCUT2D eigenvalue weighted by Gasteiger charge is -2.13. The topological polar surface area (TPSA) is 84.1 Å². The number of pyridine rings is 1. The van der Waals surface area contributed by atoms with Gasteiger partial charge in [0.15, 0.2) is 5.13 Å². The van der Waals surface area contributed by atoms with E-state index in [0.29, 0.717) is 23.8 Å². The van der Waals surface area contributed by atoms with Gasteiger partial charge in [0, 0.05) is 30.4 Å². The number of alkyl halides is 3. The van der Waals surface area contributed by atoms with E-state index in [9.17, 15) is 13.2 Å². The van der Waals surface area contributed by atoms with Crippen molar-refractivity contribution in [3.05, 3.63) is 77.7 Å². The molecule has 0 fully saturated rings. The van der Waals surface area contributed by atoms with Gasteiger partial charge in [-0.3, -0.25) is 4.98 Å². The van der Waals surface area contributed by atoms with Gasteiger partial charge < -0.3 is 16.2 Å². The number of rotatable bonds is 6. The van der Waals surface area contributed by atoms with Crippen molar-refractivity contribution < 1.29 is 18.3 Å². The molecule has 4 N–H and O–H groups in total. The standard InChI is InChI=1S/C25H21F3N4OS/c26-25(27,28)20-7-3-16(4-8-20)12-21(29)15-31-24-32-22(2-1-11-33)23(34-24)18-5-6-19-14-30-10-9-17(19)13-18/h3-10,13-14,21,33H,11-12,15,29H2,(H,31,32). The number of hydrogen-bond donors (Lipinski definition) is 3. The lowest BCUT2D eigenvalue weighted by molar-refractivity contribution is -0.137. The average Bonchev–Trinajstić information content (AvgIpc) is 3.24. The predicted molar refractivity (Wildman–Crippen MR) is 128 cm³/mol. The molecule has 4 rings (SSSR count). The van der Waals surface area contributed by atoms with Crippen molar-refractivity contribution in [3.63, 3.8) is 0 Å².